The molecule has 2 heteroatoms. The van der Waals surface area contributed by atoms with E-state index in [0.29, 0.717) is 0 Å². The van der Waals surface area contributed by atoms with Crippen molar-refractivity contribution in [2.75, 3.05) is 6.26 Å². The summed E-state index contributed by atoms with van der Waals surface area (Å²) < 4.78 is 1.30. The number of thioether (sulfide) groups is 1. The van der Waals surface area contributed by atoms with Crippen LogP contribution in [0.3, 0.4) is 0 Å². The normalized spacial score (nSPS) is 7.60. The molecule has 0 aromatic heterocycles. The van der Waals surface area contributed by atoms with Gasteiger partial charge in [-0.15, -0.1) is 0 Å². The Kier molecular flexibility index (Phi) is 3.41. The second-order valence-corrected chi connectivity index (χ2v) is 3.10. The Morgan fingerprint density at radius 3 is 2.00 bits per heavy atom. The van der Waals surface area contributed by atoms with E-state index in [9.17, 15) is 0 Å². The van der Waals surface area contributed by atoms with Gasteiger partial charge in [-0.25, -0.2) is 0 Å². The molecule has 0 aliphatic heterocycles. The van der Waals surface area contributed by atoms with E-state index >= 15 is 0 Å². The maximum atomic E-state index is 2.87. The molecule has 0 saturated heterocycles. The molecule has 0 atom stereocenters. The standard InChI is InChI=1S/C3H6S.Cr/c1-3-4-2;/h1-2H3;. The minimum absolute atomic E-state index is 1.30. The van der Waals surface area contributed by atoms with Gasteiger partial charge in [0.25, 0.3) is 0 Å². The number of hydrogen-bond acceptors (Lipinski definition) is 1. The molecule has 0 aromatic carbocycles. The van der Waals surface area contributed by atoms with Crippen LogP contribution in [-0.2, 0) is 15.9 Å². The molecule has 5 heavy (non-hydrogen) atoms. The van der Waals surface area contributed by atoms with Gasteiger partial charge in [0.1, 0.15) is 0 Å². The van der Waals surface area contributed by atoms with Gasteiger partial charge in [-0.05, 0) is 0 Å². The Bertz CT molecular complexity index is 42.2. The van der Waals surface area contributed by atoms with E-state index in [-0.39, 0.29) is 0 Å². The van der Waals surface area contributed by atoms with E-state index in [0.717, 1.165) is 0 Å². The first-order valence-electron chi connectivity index (χ1n) is 1.32. The van der Waals surface area contributed by atoms with Crippen molar-refractivity contribution in [3.8, 4) is 0 Å². The Labute approximate surface area is 44.9 Å². The van der Waals surface area contributed by atoms with Gasteiger partial charge in [0, 0.05) is 0 Å². The third-order valence-corrected chi connectivity index (χ3v) is 1.64. The van der Waals surface area contributed by atoms with Crippen LogP contribution < -0.4 is 0 Å². The zero-order chi connectivity index (χ0) is 4.28. The molecule has 0 fully saturated rings. The summed E-state index contributed by atoms with van der Waals surface area (Å²) in [4.78, 5) is 0. The second-order valence-electron chi connectivity index (χ2n) is 0.696. The average molecular weight is 126 g/mol. The van der Waals surface area contributed by atoms with Crippen LogP contribution in [-0.4, -0.2) is 9.97 Å². The summed E-state index contributed by atoms with van der Waals surface area (Å²) >= 11 is 4.61. The van der Waals surface area contributed by atoms with Crippen molar-refractivity contribution in [1.82, 2.24) is 0 Å². The average Bonchev–Trinajstić information content (AvgIpc) is 1.38. The molecule has 0 aliphatic carbocycles. The molecule has 0 saturated carbocycles. The van der Waals surface area contributed by atoms with Gasteiger partial charge >= 0.3 is 44.5 Å². The summed E-state index contributed by atoms with van der Waals surface area (Å²) in [5.74, 6) is 0. The quantitative estimate of drug-likeness (QED) is 0.506. The second kappa shape index (κ2) is 2.96. The zero-order valence-electron chi connectivity index (χ0n) is 3.32. The van der Waals surface area contributed by atoms with Crippen molar-refractivity contribution < 1.29 is 15.9 Å². The van der Waals surface area contributed by atoms with Crippen LogP contribution in [0.25, 0.3) is 0 Å². The maximum absolute atomic E-state index is 2.87. The van der Waals surface area contributed by atoms with Crippen molar-refractivity contribution in [1.29, 1.82) is 0 Å². The molecule has 0 aromatic rings. The van der Waals surface area contributed by atoms with Crippen LogP contribution in [0.5, 0.6) is 0 Å². The minimum atomic E-state index is 1.30. The summed E-state index contributed by atoms with van der Waals surface area (Å²) in [6, 6.07) is 0. The van der Waals surface area contributed by atoms with Crippen LogP contribution in [0.15, 0.2) is 0 Å². The first-order valence-corrected chi connectivity index (χ1v) is 3.18. The summed E-state index contributed by atoms with van der Waals surface area (Å²) in [6.45, 7) is 2.05. The van der Waals surface area contributed by atoms with Crippen molar-refractivity contribution in [2.24, 2.45) is 0 Å². The van der Waals surface area contributed by atoms with Gasteiger partial charge < -0.3 is 0 Å². The van der Waals surface area contributed by atoms with Gasteiger partial charge in [0.15, 0.2) is 0 Å². The monoisotopic (exact) mass is 126 g/mol. The van der Waals surface area contributed by atoms with E-state index in [2.05, 4.69) is 15.9 Å². The third kappa shape index (κ3) is 4.75. The molecular formula is C3H6CrS. The van der Waals surface area contributed by atoms with E-state index in [1.165, 1.54) is 3.71 Å². The summed E-state index contributed by atoms with van der Waals surface area (Å²) in [5, 5.41) is 0. The van der Waals surface area contributed by atoms with Gasteiger partial charge in [0.2, 0.25) is 0 Å². The van der Waals surface area contributed by atoms with Crippen LogP contribution >= 0.6 is 11.8 Å². The molecule has 0 radical (unpaired) electrons. The van der Waals surface area contributed by atoms with Crippen molar-refractivity contribution >= 4 is 15.5 Å². The van der Waals surface area contributed by atoms with Crippen LogP contribution in [0, 0.1) is 0 Å². The Morgan fingerprint density at radius 1 is 1.80 bits per heavy atom. The summed E-state index contributed by atoms with van der Waals surface area (Å²) in [7, 11) is 0. The fraction of sp³-hybridized carbons (Fsp3) is 0.667. The molecule has 0 bridgehead atoms. The van der Waals surface area contributed by atoms with Gasteiger partial charge in [-0.2, -0.15) is 0 Å². The molecule has 0 rings (SSSR count). The molecule has 0 heterocycles. The molecule has 0 aliphatic rings. The summed E-state index contributed by atoms with van der Waals surface area (Å²) in [5.41, 5.74) is 0. The Balaban J connectivity index is 2.85. The van der Waals surface area contributed by atoms with E-state index in [1.807, 2.05) is 13.2 Å². The van der Waals surface area contributed by atoms with Gasteiger partial charge in [0.05, 0.1) is 0 Å². The number of hydrogen-bond donors (Lipinski definition) is 0. The van der Waals surface area contributed by atoms with Crippen molar-refractivity contribution in [3.05, 3.63) is 0 Å². The van der Waals surface area contributed by atoms with Crippen LogP contribution in [0.4, 0.5) is 0 Å². The van der Waals surface area contributed by atoms with Crippen LogP contribution in [0.2, 0.25) is 0 Å². The van der Waals surface area contributed by atoms with E-state index in [1.54, 1.807) is 11.8 Å². The molecule has 0 amide bonds. The molecular weight excluding hydrogens is 120 g/mol. The topological polar surface area (TPSA) is 0 Å². The fourth-order valence-electron chi connectivity index (χ4n) is 0. The predicted molar refractivity (Wildman–Crippen MR) is 24.2 cm³/mol. The molecule has 0 N–H and O–H groups in total. The van der Waals surface area contributed by atoms with Crippen molar-refractivity contribution in [2.45, 2.75) is 6.92 Å². The third-order valence-electron chi connectivity index (χ3n) is 0.287. The molecule has 0 nitrogen and oxygen atoms in total. The van der Waals surface area contributed by atoms with Gasteiger partial charge in [-0.3, -0.25) is 0 Å². The molecule has 30 valence electrons. The first kappa shape index (κ1) is 5.75. The van der Waals surface area contributed by atoms with E-state index in [4.69, 9.17) is 0 Å². The first-order chi connectivity index (χ1) is 2.27. The Hall–Kier alpha value is 0.752. The zero-order valence-corrected chi connectivity index (χ0v) is 5.41. The SMILES string of the molecule is CS[C](C)=[Cr]. The molecule has 0 unspecified atom stereocenters. The summed E-state index contributed by atoms with van der Waals surface area (Å²) in [6.07, 6.45) is 2.05. The van der Waals surface area contributed by atoms with Crippen LogP contribution in [0.1, 0.15) is 6.92 Å². The van der Waals surface area contributed by atoms with E-state index < -0.39 is 0 Å². The Morgan fingerprint density at radius 2 is 2.00 bits per heavy atom. The fourth-order valence-corrected chi connectivity index (χ4v) is 0. The number of rotatable bonds is 1. The van der Waals surface area contributed by atoms with Crippen molar-refractivity contribution in [3.63, 3.8) is 0 Å². The molecule has 0 spiro atoms. The van der Waals surface area contributed by atoms with Gasteiger partial charge in [-0.1, -0.05) is 0 Å². The predicted octanol–water partition coefficient (Wildman–Crippen LogP) is 1.05.